The Kier molecular flexibility index (Phi) is 5.07. The minimum absolute atomic E-state index is 0.178. The Labute approximate surface area is 170 Å². The van der Waals surface area contributed by atoms with Crippen molar-refractivity contribution in [1.29, 1.82) is 0 Å². The summed E-state index contributed by atoms with van der Waals surface area (Å²) in [5.74, 6) is -0.482. The summed E-state index contributed by atoms with van der Waals surface area (Å²) in [6.07, 6.45) is 5.05. The Morgan fingerprint density at radius 2 is 1.52 bits per heavy atom. The van der Waals surface area contributed by atoms with Crippen molar-refractivity contribution in [3.63, 3.8) is 0 Å². The highest BCUT2D eigenvalue weighted by atomic mass is 32.2. The van der Waals surface area contributed by atoms with Crippen molar-refractivity contribution in [2.75, 3.05) is 0 Å². The summed E-state index contributed by atoms with van der Waals surface area (Å²) < 4.78 is 40.9. The monoisotopic (exact) mass is 405 g/mol. The zero-order chi connectivity index (χ0) is 20.4. The van der Waals surface area contributed by atoms with Gasteiger partial charge in [-0.2, -0.15) is 0 Å². The molecule has 1 aliphatic heterocycles. The third-order valence-corrected chi connectivity index (χ3v) is 6.61. The molecular weight excluding hydrogens is 385 g/mol. The molecule has 1 atom stereocenters. The van der Waals surface area contributed by atoms with E-state index in [0.29, 0.717) is 0 Å². The lowest BCUT2D eigenvalue weighted by molar-refractivity contribution is 0.550. The van der Waals surface area contributed by atoms with Gasteiger partial charge in [-0.1, -0.05) is 66.2 Å². The van der Waals surface area contributed by atoms with E-state index >= 15 is 0 Å². The summed E-state index contributed by atoms with van der Waals surface area (Å²) in [5, 5.41) is 0. The molecule has 1 heterocycles. The standard InChI is InChI=1S/C24H20FNO2S/c1-18-7-13-22(14-8-18)29(27,28)26-16-15-23(20-9-11-21(25)12-10-20)24(17-26)19-5-3-2-4-6-19/h2-17,23H,1H3. The highest BCUT2D eigenvalue weighted by Gasteiger charge is 2.27. The summed E-state index contributed by atoms with van der Waals surface area (Å²) in [7, 11) is -3.72. The molecule has 4 rings (SSSR count). The van der Waals surface area contributed by atoms with Gasteiger partial charge in [-0.3, -0.25) is 0 Å². The fraction of sp³-hybridized carbons (Fsp3) is 0.0833. The lowest BCUT2D eigenvalue weighted by Crippen LogP contribution is -2.24. The average molecular weight is 405 g/mol. The first kappa shape index (κ1) is 19.2. The Hall–Kier alpha value is -3.18. The lowest BCUT2D eigenvalue weighted by Gasteiger charge is -2.27. The quantitative estimate of drug-likeness (QED) is 0.577. The average Bonchev–Trinajstić information content (AvgIpc) is 2.75. The van der Waals surface area contributed by atoms with E-state index in [-0.39, 0.29) is 16.6 Å². The van der Waals surface area contributed by atoms with Gasteiger partial charge >= 0.3 is 0 Å². The molecule has 0 radical (unpaired) electrons. The van der Waals surface area contributed by atoms with E-state index in [2.05, 4.69) is 0 Å². The van der Waals surface area contributed by atoms with Crippen molar-refractivity contribution in [2.45, 2.75) is 17.7 Å². The molecule has 0 saturated carbocycles. The number of nitrogens with zero attached hydrogens (tertiary/aromatic N) is 1. The molecule has 146 valence electrons. The molecule has 0 bridgehead atoms. The molecular formula is C24H20FNO2S. The second kappa shape index (κ2) is 7.68. The van der Waals surface area contributed by atoms with Gasteiger partial charge in [0.15, 0.2) is 0 Å². The van der Waals surface area contributed by atoms with Gasteiger partial charge in [0.1, 0.15) is 5.82 Å². The number of hydrogen-bond donors (Lipinski definition) is 0. The zero-order valence-electron chi connectivity index (χ0n) is 15.9. The lowest BCUT2D eigenvalue weighted by atomic mass is 9.86. The summed E-state index contributed by atoms with van der Waals surface area (Å²) >= 11 is 0. The molecule has 0 N–H and O–H groups in total. The Bertz CT molecular complexity index is 1170. The van der Waals surface area contributed by atoms with Gasteiger partial charge in [0, 0.05) is 18.3 Å². The predicted octanol–water partition coefficient (Wildman–Crippen LogP) is 5.48. The molecule has 0 amide bonds. The van der Waals surface area contributed by atoms with Crippen molar-refractivity contribution in [3.8, 4) is 0 Å². The first-order chi connectivity index (χ1) is 13.9. The third kappa shape index (κ3) is 3.87. The second-order valence-corrected chi connectivity index (χ2v) is 8.81. The largest absolute Gasteiger partial charge is 0.267 e. The van der Waals surface area contributed by atoms with E-state index in [9.17, 15) is 12.8 Å². The summed E-state index contributed by atoms with van der Waals surface area (Å²) in [6.45, 7) is 1.91. The van der Waals surface area contributed by atoms with E-state index in [4.69, 9.17) is 0 Å². The van der Waals surface area contributed by atoms with Gasteiger partial charge in [-0.15, -0.1) is 0 Å². The van der Waals surface area contributed by atoms with Crippen LogP contribution in [0.2, 0.25) is 0 Å². The summed E-state index contributed by atoms with van der Waals surface area (Å²) in [6, 6.07) is 22.7. The third-order valence-electron chi connectivity index (χ3n) is 4.96. The summed E-state index contributed by atoms with van der Waals surface area (Å²) in [4.78, 5) is 0.233. The van der Waals surface area contributed by atoms with Crippen LogP contribution in [0.1, 0.15) is 22.6 Å². The fourth-order valence-electron chi connectivity index (χ4n) is 3.36. The number of sulfonamides is 1. The van der Waals surface area contributed by atoms with Gasteiger partial charge < -0.3 is 0 Å². The maximum atomic E-state index is 13.4. The second-order valence-electron chi connectivity index (χ2n) is 6.97. The van der Waals surface area contributed by atoms with Crippen LogP contribution < -0.4 is 0 Å². The molecule has 0 spiro atoms. The maximum absolute atomic E-state index is 13.4. The Morgan fingerprint density at radius 1 is 0.862 bits per heavy atom. The van der Waals surface area contributed by atoms with Crippen LogP contribution in [0.4, 0.5) is 4.39 Å². The predicted molar refractivity (Wildman–Crippen MR) is 113 cm³/mol. The van der Waals surface area contributed by atoms with Crippen LogP contribution >= 0.6 is 0 Å². The molecule has 0 aliphatic carbocycles. The van der Waals surface area contributed by atoms with Gasteiger partial charge in [-0.25, -0.2) is 17.1 Å². The summed E-state index contributed by atoms with van der Waals surface area (Å²) in [5.41, 5.74) is 3.63. The topological polar surface area (TPSA) is 37.4 Å². The molecule has 0 fully saturated rings. The number of rotatable bonds is 4. The van der Waals surface area contributed by atoms with E-state index in [0.717, 1.165) is 22.3 Å². The van der Waals surface area contributed by atoms with Crippen LogP contribution in [0, 0.1) is 12.7 Å². The van der Waals surface area contributed by atoms with Gasteiger partial charge in [-0.05, 0) is 47.9 Å². The van der Waals surface area contributed by atoms with Crippen molar-refractivity contribution >= 4 is 15.6 Å². The molecule has 3 nitrogen and oxygen atoms in total. The van der Waals surface area contributed by atoms with E-state index in [1.165, 1.54) is 16.4 Å². The van der Waals surface area contributed by atoms with Crippen LogP contribution in [-0.4, -0.2) is 12.7 Å². The Balaban J connectivity index is 1.78. The molecule has 0 saturated heterocycles. The number of halogens is 1. The minimum atomic E-state index is -3.72. The van der Waals surface area contributed by atoms with Gasteiger partial charge in [0.25, 0.3) is 10.0 Å². The number of aryl methyl sites for hydroxylation is 1. The van der Waals surface area contributed by atoms with E-state index < -0.39 is 10.0 Å². The smallest absolute Gasteiger partial charge is 0.249 e. The maximum Gasteiger partial charge on any atom is 0.267 e. The van der Waals surface area contributed by atoms with Crippen LogP contribution in [0.15, 0.2) is 102 Å². The van der Waals surface area contributed by atoms with Crippen LogP contribution in [0.5, 0.6) is 0 Å². The Morgan fingerprint density at radius 3 is 2.17 bits per heavy atom. The molecule has 29 heavy (non-hydrogen) atoms. The van der Waals surface area contributed by atoms with Crippen molar-refractivity contribution < 1.29 is 12.8 Å². The number of allylic oxidation sites excluding steroid dienone is 2. The van der Waals surface area contributed by atoms with E-state index in [1.54, 1.807) is 48.8 Å². The van der Waals surface area contributed by atoms with Gasteiger partial charge in [0.05, 0.1) is 4.90 Å². The number of hydrogen-bond acceptors (Lipinski definition) is 2. The first-order valence-electron chi connectivity index (χ1n) is 9.26. The first-order valence-corrected chi connectivity index (χ1v) is 10.7. The minimum Gasteiger partial charge on any atom is -0.249 e. The van der Waals surface area contributed by atoms with Crippen LogP contribution in [0.25, 0.3) is 5.57 Å². The zero-order valence-corrected chi connectivity index (χ0v) is 16.7. The highest BCUT2D eigenvalue weighted by Crippen LogP contribution is 2.38. The molecule has 0 aromatic heterocycles. The SMILES string of the molecule is Cc1ccc(S(=O)(=O)N2C=CC(c3ccc(F)cc3)C(c3ccccc3)=C2)cc1. The van der Waals surface area contributed by atoms with Crippen LogP contribution in [-0.2, 0) is 10.0 Å². The number of benzene rings is 3. The highest BCUT2D eigenvalue weighted by molar-refractivity contribution is 7.89. The fourth-order valence-corrected chi connectivity index (χ4v) is 4.57. The normalized spacial score (nSPS) is 16.6. The van der Waals surface area contributed by atoms with Crippen molar-refractivity contribution in [3.05, 3.63) is 120 Å². The molecule has 3 aromatic carbocycles. The molecule has 3 aromatic rings. The van der Waals surface area contributed by atoms with Crippen molar-refractivity contribution in [2.24, 2.45) is 0 Å². The van der Waals surface area contributed by atoms with Gasteiger partial charge in [0.2, 0.25) is 0 Å². The molecule has 1 aliphatic rings. The molecule has 1 unspecified atom stereocenters. The molecule has 5 heteroatoms. The van der Waals surface area contributed by atoms with Crippen LogP contribution in [0.3, 0.4) is 0 Å². The van der Waals surface area contributed by atoms with Crippen molar-refractivity contribution in [1.82, 2.24) is 4.31 Å². The van der Waals surface area contributed by atoms with E-state index in [1.807, 2.05) is 43.3 Å².